The maximum atomic E-state index is 14.5. The number of anilines is 1. The molecular formula is C30H28N2O3. The number of esters is 1. The summed E-state index contributed by atoms with van der Waals surface area (Å²) in [6.45, 7) is 4.15. The lowest BCUT2D eigenvalue weighted by Crippen LogP contribution is -2.53. The highest BCUT2D eigenvalue weighted by molar-refractivity contribution is 6.13. The molecule has 1 amide bonds. The van der Waals surface area contributed by atoms with Gasteiger partial charge in [0, 0.05) is 35.2 Å². The van der Waals surface area contributed by atoms with E-state index in [1.54, 1.807) is 4.90 Å². The molecule has 0 radical (unpaired) electrons. The average molecular weight is 465 g/mol. The number of carbonyl (C=O) groups excluding carboxylic acids is 2. The molecule has 2 heterocycles. The van der Waals surface area contributed by atoms with Crippen LogP contribution in [0.3, 0.4) is 0 Å². The standard InChI is InChI=1S/C30H28N2O3/c1-4-35-28(33)27-26-20-13-7-9-15-23(20)31-24(26)17-22(19-12-6-5-11-18(19)2)30(27)21-14-8-10-16-25(21)32(3)29(30)34/h5-16,22,27,31H,4,17H2,1-3H3/t22-,27-,30+/m0/s1. The summed E-state index contributed by atoms with van der Waals surface area (Å²) in [5.41, 5.74) is 5.71. The molecule has 176 valence electrons. The van der Waals surface area contributed by atoms with Gasteiger partial charge in [0.05, 0.1) is 6.61 Å². The molecule has 0 saturated heterocycles. The molecule has 6 rings (SSSR count). The number of aromatic amines is 1. The molecule has 1 aliphatic carbocycles. The summed E-state index contributed by atoms with van der Waals surface area (Å²) in [7, 11) is 1.82. The van der Waals surface area contributed by atoms with Crippen LogP contribution in [0.2, 0.25) is 0 Å². The van der Waals surface area contributed by atoms with Crippen LogP contribution in [0.1, 0.15) is 46.7 Å². The van der Waals surface area contributed by atoms with Gasteiger partial charge in [-0.2, -0.15) is 0 Å². The summed E-state index contributed by atoms with van der Waals surface area (Å²) in [5.74, 6) is -1.42. The van der Waals surface area contributed by atoms with Gasteiger partial charge >= 0.3 is 5.97 Å². The Hall–Kier alpha value is -3.86. The quantitative estimate of drug-likeness (QED) is 0.414. The number of aryl methyl sites for hydroxylation is 1. The fourth-order valence-corrected chi connectivity index (χ4v) is 6.60. The molecule has 5 nitrogen and oxygen atoms in total. The van der Waals surface area contributed by atoms with E-state index in [0.29, 0.717) is 6.42 Å². The number of aromatic nitrogens is 1. The molecule has 5 heteroatoms. The van der Waals surface area contributed by atoms with Gasteiger partial charge in [0.1, 0.15) is 11.3 Å². The van der Waals surface area contributed by atoms with Crippen molar-refractivity contribution < 1.29 is 14.3 Å². The van der Waals surface area contributed by atoms with Gasteiger partial charge in [-0.3, -0.25) is 9.59 Å². The van der Waals surface area contributed by atoms with Crippen molar-refractivity contribution in [1.29, 1.82) is 0 Å². The maximum Gasteiger partial charge on any atom is 0.314 e. The van der Waals surface area contributed by atoms with Crippen molar-refractivity contribution in [3.63, 3.8) is 0 Å². The lowest BCUT2D eigenvalue weighted by atomic mass is 9.54. The number of amides is 1. The molecule has 0 fully saturated rings. The number of para-hydroxylation sites is 2. The Kier molecular flexibility index (Phi) is 4.85. The number of likely N-dealkylation sites (N-methyl/N-ethyl adjacent to an activating group) is 1. The van der Waals surface area contributed by atoms with Crippen molar-refractivity contribution in [3.05, 3.63) is 101 Å². The zero-order valence-corrected chi connectivity index (χ0v) is 20.2. The first-order valence-corrected chi connectivity index (χ1v) is 12.2. The van der Waals surface area contributed by atoms with E-state index in [2.05, 4.69) is 24.0 Å². The molecule has 35 heavy (non-hydrogen) atoms. The Bertz CT molecular complexity index is 1490. The topological polar surface area (TPSA) is 62.4 Å². The monoisotopic (exact) mass is 464 g/mol. The van der Waals surface area contributed by atoms with Crippen LogP contribution in [0.15, 0.2) is 72.8 Å². The molecule has 3 aromatic carbocycles. The lowest BCUT2D eigenvalue weighted by molar-refractivity contribution is -0.150. The maximum absolute atomic E-state index is 14.5. The van der Waals surface area contributed by atoms with Crippen LogP contribution in [0.4, 0.5) is 5.69 Å². The van der Waals surface area contributed by atoms with E-state index in [-0.39, 0.29) is 24.4 Å². The number of ether oxygens (including phenoxy) is 1. The fourth-order valence-electron chi connectivity index (χ4n) is 6.60. The number of rotatable bonds is 3. The Morgan fingerprint density at radius 1 is 1.06 bits per heavy atom. The number of nitrogens with one attached hydrogen (secondary N) is 1. The third kappa shape index (κ3) is 2.81. The summed E-state index contributed by atoms with van der Waals surface area (Å²) in [4.78, 5) is 33.8. The summed E-state index contributed by atoms with van der Waals surface area (Å²) in [6.07, 6.45) is 0.624. The van der Waals surface area contributed by atoms with Crippen molar-refractivity contribution in [1.82, 2.24) is 4.98 Å². The number of nitrogens with zero attached hydrogens (tertiary/aromatic N) is 1. The van der Waals surface area contributed by atoms with Crippen molar-refractivity contribution >= 4 is 28.5 Å². The van der Waals surface area contributed by atoms with Gasteiger partial charge in [0.15, 0.2) is 0 Å². The van der Waals surface area contributed by atoms with Crippen molar-refractivity contribution in [2.24, 2.45) is 0 Å². The summed E-state index contributed by atoms with van der Waals surface area (Å²) >= 11 is 0. The third-order valence-corrected chi connectivity index (χ3v) is 7.99. The first-order valence-electron chi connectivity index (χ1n) is 12.2. The van der Waals surface area contributed by atoms with Gasteiger partial charge in [0.25, 0.3) is 0 Å². The van der Waals surface area contributed by atoms with Crippen LogP contribution in [0, 0.1) is 6.92 Å². The number of hydrogen-bond acceptors (Lipinski definition) is 3. The van der Waals surface area contributed by atoms with E-state index in [4.69, 9.17) is 4.74 Å². The van der Waals surface area contributed by atoms with Gasteiger partial charge in [-0.05, 0) is 54.7 Å². The van der Waals surface area contributed by atoms with Gasteiger partial charge in [0.2, 0.25) is 5.91 Å². The van der Waals surface area contributed by atoms with Crippen LogP contribution < -0.4 is 4.90 Å². The van der Waals surface area contributed by atoms with Crippen LogP contribution in [-0.2, 0) is 26.2 Å². The van der Waals surface area contributed by atoms with Gasteiger partial charge in [-0.25, -0.2) is 0 Å². The number of carbonyl (C=O) groups is 2. The number of fused-ring (bicyclic) bond motifs is 5. The first kappa shape index (κ1) is 21.7. The Balaban J connectivity index is 1.76. The Morgan fingerprint density at radius 2 is 1.77 bits per heavy atom. The van der Waals surface area contributed by atoms with Gasteiger partial charge in [-0.1, -0.05) is 60.7 Å². The zero-order valence-electron chi connectivity index (χ0n) is 20.2. The highest BCUT2D eigenvalue weighted by Gasteiger charge is 2.65. The lowest BCUT2D eigenvalue weighted by Gasteiger charge is -2.45. The van der Waals surface area contributed by atoms with Gasteiger partial charge in [-0.15, -0.1) is 0 Å². The van der Waals surface area contributed by atoms with E-state index in [1.165, 1.54) is 0 Å². The minimum Gasteiger partial charge on any atom is -0.465 e. The van der Waals surface area contributed by atoms with Gasteiger partial charge < -0.3 is 14.6 Å². The molecule has 2 aliphatic rings. The third-order valence-electron chi connectivity index (χ3n) is 7.99. The van der Waals surface area contributed by atoms with Crippen LogP contribution >= 0.6 is 0 Å². The van der Waals surface area contributed by atoms with E-state index in [1.807, 2.05) is 74.6 Å². The fraction of sp³-hybridized carbons (Fsp3) is 0.267. The largest absolute Gasteiger partial charge is 0.465 e. The van der Waals surface area contributed by atoms with Crippen LogP contribution in [0.5, 0.6) is 0 Å². The molecule has 3 atom stereocenters. The number of benzene rings is 3. The molecule has 1 aromatic heterocycles. The molecule has 1 aliphatic heterocycles. The minimum absolute atomic E-state index is 0.0547. The molecule has 0 unspecified atom stereocenters. The summed E-state index contributed by atoms with van der Waals surface area (Å²) in [5, 5.41) is 0.975. The summed E-state index contributed by atoms with van der Waals surface area (Å²) in [6, 6.07) is 24.2. The highest BCUT2D eigenvalue weighted by Crippen LogP contribution is 2.62. The highest BCUT2D eigenvalue weighted by atomic mass is 16.5. The van der Waals surface area contributed by atoms with Crippen molar-refractivity contribution in [2.45, 2.75) is 37.5 Å². The molecule has 4 aromatic rings. The van der Waals surface area contributed by atoms with E-state index in [0.717, 1.165) is 44.5 Å². The predicted octanol–water partition coefficient (Wildman–Crippen LogP) is 5.38. The zero-order chi connectivity index (χ0) is 24.3. The average Bonchev–Trinajstić information content (AvgIpc) is 3.34. The normalized spacial score (nSPS) is 22.9. The SMILES string of the molecule is CCOC(=O)[C@@H]1c2c([nH]c3ccccc23)C[C@@H](c2ccccc2C)[C@@]12C(=O)N(C)c1ccccc12. The van der Waals surface area contributed by atoms with Crippen LogP contribution in [0.25, 0.3) is 10.9 Å². The molecule has 0 saturated carbocycles. The first-order chi connectivity index (χ1) is 17.0. The molecule has 0 bridgehead atoms. The van der Waals surface area contributed by atoms with Crippen molar-refractivity contribution in [2.75, 3.05) is 18.6 Å². The summed E-state index contributed by atoms with van der Waals surface area (Å²) < 4.78 is 5.73. The smallest absolute Gasteiger partial charge is 0.314 e. The van der Waals surface area contributed by atoms with E-state index < -0.39 is 11.3 Å². The van der Waals surface area contributed by atoms with Crippen molar-refractivity contribution in [3.8, 4) is 0 Å². The number of H-pyrrole nitrogens is 1. The minimum atomic E-state index is -1.11. The number of hydrogen-bond donors (Lipinski definition) is 1. The second-order valence-electron chi connectivity index (χ2n) is 9.61. The van der Waals surface area contributed by atoms with Crippen LogP contribution in [-0.4, -0.2) is 30.5 Å². The molecule has 1 spiro atoms. The van der Waals surface area contributed by atoms with E-state index in [9.17, 15) is 9.59 Å². The second-order valence-corrected chi connectivity index (χ2v) is 9.61. The Labute approximate surface area is 204 Å². The second kappa shape index (κ2) is 7.84. The molecule has 1 N–H and O–H groups in total. The van der Waals surface area contributed by atoms with E-state index >= 15 is 0 Å². The Morgan fingerprint density at radius 3 is 2.57 bits per heavy atom. The molecular weight excluding hydrogens is 436 g/mol. The predicted molar refractivity (Wildman–Crippen MR) is 137 cm³/mol.